The van der Waals surface area contributed by atoms with Gasteiger partial charge in [0.2, 0.25) is 0 Å². The van der Waals surface area contributed by atoms with Crippen molar-refractivity contribution in [1.82, 2.24) is 0 Å². The van der Waals surface area contributed by atoms with Crippen LogP contribution < -0.4 is 15.9 Å². The third-order valence-corrected chi connectivity index (χ3v) is 37.4. The molecule has 0 nitrogen and oxygen atoms in total. The Morgan fingerprint density at radius 2 is 0.615 bits per heavy atom. The predicted octanol–water partition coefficient (Wildman–Crippen LogP) is 20.1. The summed E-state index contributed by atoms with van der Waals surface area (Å²) < 4.78 is 0. The van der Waals surface area contributed by atoms with Crippen LogP contribution >= 0.6 is 29.0 Å². The van der Waals surface area contributed by atoms with Gasteiger partial charge < -0.3 is 0 Å². The molecule has 376 valence electrons. The van der Waals surface area contributed by atoms with Crippen molar-refractivity contribution in [1.29, 1.82) is 0 Å². The normalized spacial score (nSPS) is 16.5. The first-order chi connectivity index (χ1) is 29.1. The van der Waals surface area contributed by atoms with Gasteiger partial charge in [-0.25, -0.2) is 0 Å². The number of hydrogen-bond donors (Lipinski definition) is 0. The van der Waals surface area contributed by atoms with Gasteiger partial charge in [-0.15, -0.1) is 0 Å². The van der Waals surface area contributed by atoms with Gasteiger partial charge in [0.15, 0.2) is 0 Å². The Bertz CT molecular complexity index is 1380. The van der Waals surface area contributed by atoms with Crippen LogP contribution in [-0.4, -0.2) is 78.1 Å². The van der Waals surface area contributed by atoms with Crippen molar-refractivity contribution in [2.75, 3.05) is 38.5 Å². The average Bonchev–Trinajstić information content (AvgIpc) is 3.27. The molecule has 0 amide bonds. The van der Waals surface area contributed by atoms with Gasteiger partial charge in [0, 0.05) is 41.8 Å². The molecule has 0 aromatic heterocycles. The van der Waals surface area contributed by atoms with E-state index in [9.17, 15) is 0 Å². The van der Waals surface area contributed by atoms with Crippen molar-refractivity contribution < 1.29 is 0 Å². The lowest BCUT2D eigenvalue weighted by atomic mass is 9.99. The van der Waals surface area contributed by atoms with E-state index in [1.54, 1.807) is 77.0 Å². The molecule has 0 spiro atoms. The molecule has 3 fully saturated rings. The van der Waals surface area contributed by atoms with Crippen LogP contribution in [0.3, 0.4) is 0 Å². The number of hydrogen-bond acceptors (Lipinski definition) is 0. The number of rotatable bonds is 13. The molecule has 0 unspecified atom stereocenters. The third kappa shape index (κ3) is 17.6. The Kier molecular flexibility index (Phi) is 33.8. The van der Waals surface area contributed by atoms with E-state index < -0.39 is 29.0 Å². The van der Waals surface area contributed by atoms with Gasteiger partial charge in [0.1, 0.15) is 23.2 Å². The highest BCUT2D eigenvalue weighted by Crippen LogP contribution is 2.79. The fourth-order valence-electron chi connectivity index (χ4n) is 11.8. The van der Waals surface area contributed by atoms with E-state index in [2.05, 4.69) is 187 Å². The van der Waals surface area contributed by atoms with Crippen molar-refractivity contribution in [2.45, 2.75) is 242 Å². The first kappa shape index (κ1) is 66.5. The van der Waals surface area contributed by atoms with Crippen LogP contribution in [0, 0.1) is 0 Å². The van der Waals surface area contributed by atoms with Crippen LogP contribution in [0.5, 0.6) is 0 Å². The van der Waals surface area contributed by atoms with Crippen molar-refractivity contribution in [3.63, 3.8) is 0 Å². The molecule has 3 aromatic carbocycles. The highest BCUT2D eigenvalue weighted by molar-refractivity contribution is 7.96. The Morgan fingerprint density at radius 1 is 0.369 bits per heavy atom. The standard InChI is InChI=1S/C21H40P.C21H22P.C9H22P.C6H16P.4CH4/c2*1-18(2)22(19-12-6-3-7-13-19,20-14-8-4-9-15-20)21-16-10-5-11-17-21;1-6-10(7-2,8-3)9(4)5;1-6(2)7(3,4)5;;;;/h18-21H,3-17H2,1-2H3;3-18H,1-2H3;9H,6-8H2,1-5H3;6H,1-5H3;4*1H4/q4*+1;;;;. The lowest BCUT2D eigenvalue weighted by Gasteiger charge is -2.51. The predicted molar refractivity (Wildman–Crippen MR) is 323 cm³/mol. The van der Waals surface area contributed by atoms with Crippen LogP contribution in [0.1, 0.15) is 202 Å². The highest BCUT2D eigenvalue weighted by atomic mass is 31.2. The molecule has 0 N–H and O–H groups in total. The monoisotopic (exact) mass is 973 g/mol. The first-order valence-corrected chi connectivity index (χ1v) is 35.2. The highest BCUT2D eigenvalue weighted by Gasteiger charge is 2.59. The van der Waals surface area contributed by atoms with E-state index in [0.29, 0.717) is 5.66 Å². The zero-order valence-corrected chi connectivity index (χ0v) is 46.3. The second kappa shape index (κ2) is 33.1. The van der Waals surface area contributed by atoms with Gasteiger partial charge in [-0.1, -0.05) is 104 Å². The molecule has 3 aliphatic rings. The van der Waals surface area contributed by atoms with E-state index >= 15 is 0 Å². The molecular weight excluding hydrogens is 857 g/mol. The molecule has 6 rings (SSSR count). The fraction of sp³-hybridized carbons (Fsp3) is 0.705. The van der Waals surface area contributed by atoms with Crippen LogP contribution in [0.15, 0.2) is 91.0 Å². The third-order valence-electron chi connectivity index (χ3n) is 16.3. The Labute approximate surface area is 414 Å². The summed E-state index contributed by atoms with van der Waals surface area (Å²) in [5.74, 6) is 0. The van der Waals surface area contributed by atoms with Crippen molar-refractivity contribution in [2.24, 2.45) is 0 Å². The molecule has 0 aliphatic heterocycles. The molecule has 65 heavy (non-hydrogen) atoms. The quantitative estimate of drug-likeness (QED) is 0.150. The Balaban J connectivity index is 0. The summed E-state index contributed by atoms with van der Waals surface area (Å²) in [5.41, 5.74) is 6.95. The van der Waals surface area contributed by atoms with Crippen LogP contribution in [0.2, 0.25) is 0 Å². The average molecular weight is 973 g/mol. The molecule has 0 saturated heterocycles. The fourth-order valence-corrected chi connectivity index (χ4v) is 28.1. The Hall–Kier alpha value is -0.620. The topological polar surface area (TPSA) is 0 Å². The smallest absolute Gasteiger partial charge is 0.0776 e. The van der Waals surface area contributed by atoms with Gasteiger partial charge >= 0.3 is 0 Å². The molecule has 0 radical (unpaired) electrons. The van der Waals surface area contributed by atoms with Gasteiger partial charge in [0.05, 0.1) is 58.1 Å². The second-order valence-electron chi connectivity index (χ2n) is 21.2. The van der Waals surface area contributed by atoms with Gasteiger partial charge in [-0.3, -0.25) is 0 Å². The molecule has 0 bridgehead atoms. The van der Waals surface area contributed by atoms with Crippen molar-refractivity contribution in [3.8, 4) is 0 Å². The van der Waals surface area contributed by atoms with Crippen molar-refractivity contribution >= 4 is 45.0 Å². The largest absolute Gasteiger partial charge is 0.114 e. The summed E-state index contributed by atoms with van der Waals surface area (Å²) in [4.78, 5) is 0. The van der Waals surface area contributed by atoms with Crippen molar-refractivity contribution in [3.05, 3.63) is 91.0 Å². The number of benzene rings is 3. The minimum absolute atomic E-state index is 0. The molecule has 3 aliphatic carbocycles. The van der Waals surface area contributed by atoms with E-state index in [0.717, 1.165) is 17.0 Å². The summed E-state index contributed by atoms with van der Waals surface area (Å²) in [6, 6.07) is 33.1. The molecule has 3 aromatic rings. The zero-order chi connectivity index (χ0) is 45.1. The molecular formula is C61H116P4+4. The van der Waals surface area contributed by atoms with E-state index in [1.807, 2.05) is 0 Å². The van der Waals surface area contributed by atoms with Crippen LogP contribution in [0.25, 0.3) is 0 Å². The Morgan fingerprint density at radius 3 is 0.769 bits per heavy atom. The lowest BCUT2D eigenvalue weighted by Crippen LogP contribution is -2.40. The zero-order valence-electron chi connectivity index (χ0n) is 42.7. The molecule has 3 saturated carbocycles. The summed E-state index contributed by atoms with van der Waals surface area (Å²) in [6.45, 7) is 33.6. The van der Waals surface area contributed by atoms with Gasteiger partial charge in [-0.05, 0) is 190 Å². The molecule has 0 atom stereocenters. The first-order valence-electron chi connectivity index (χ1n) is 25.7. The second-order valence-corrected chi connectivity index (χ2v) is 40.8. The summed E-state index contributed by atoms with van der Waals surface area (Å²) in [5, 5.41) is 4.38. The minimum atomic E-state index is -1.63. The molecule has 0 heterocycles. The van der Waals surface area contributed by atoms with E-state index in [-0.39, 0.29) is 29.7 Å². The lowest BCUT2D eigenvalue weighted by molar-refractivity contribution is 0.447. The molecule has 4 heteroatoms. The van der Waals surface area contributed by atoms with E-state index in [1.165, 1.54) is 70.6 Å². The van der Waals surface area contributed by atoms with Gasteiger partial charge in [0.25, 0.3) is 0 Å². The van der Waals surface area contributed by atoms with Crippen LogP contribution in [-0.2, 0) is 0 Å². The van der Waals surface area contributed by atoms with E-state index in [4.69, 9.17) is 0 Å². The SMILES string of the molecule is C.C.C.C.CC(C)[P+](C)(C)C.CC(C)[P+](C1CCCCC1)(C1CCCCC1)C1CCCCC1.CC(C)[P+](c1ccccc1)(c1ccccc1)c1ccccc1.CC[P+](CC)(CC)C(C)C. The minimum Gasteiger partial charge on any atom is -0.0776 e. The van der Waals surface area contributed by atoms with Crippen LogP contribution in [0.4, 0.5) is 0 Å². The summed E-state index contributed by atoms with van der Waals surface area (Å²) >= 11 is 0. The summed E-state index contributed by atoms with van der Waals surface area (Å²) in [6.07, 6.45) is 27.9. The maximum Gasteiger partial charge on any atom is 0.114 e. The van der Waals surface area contributed by atoms with Gasteiger partial charge in [-0.2, -0.15) is 0 Å². The maximum atomic E-state index is 2.66. The maximum absolute atomic E-state index is 2.66. The summed E-state index contributed by atoms with van der Waals surface area (Å²) in [7, 11) is -3.42.